The summed E-state index contributed by atoms with van der Waals surface area (Å²) in [4.78, 5) is 31.9. The van der Waals surface area contributed by atoms with E-state index in [-0.39, 0.29) is 38.0 Å². The number of carboxylic acids is 1. The Hall–Kier alpha value is -2.01. The zero-order valence-electron chi connectivity index (χ0n) is 16.7. The lowest BCUT2D eigenvalue weighted by Crippen LogP contribution is -2.21. The van der Waals surface area contributed by atoms with Crippen LogP contribution in [0.3, 0.4) is 0 Å². The molecule has 0 radical (unpaired) electrons. The highest BCUT2D eigenvalue weighted by atomic mass is 16.5. The van der Waals surface area contributed by atoms with Gasteiger partial charge in [0.25, 0.3) is 0 Å². The van der Waals surface area contributed by atoms with E-state index < -0.39 is 31.4 Å². The summed E-state index contributed by atoms with van der Waals surface area (Å²) in [7, 11) is 0. The molecule has 0 spiro atoms. The monoisotopic (exact) mass is 422 g/mol. The average Bonchev–Trinajstić information content (AvgIpc) is 2.72. The van der Waals surface area contributed by atoms with Crippen molar-refractivity contribution in [1.29, 1.82) is 0 Å². The van der Waals surface area contributed by atoms with Crippen molar-refractivity contribution >= 4 is 17.9 Å². The van der Waals surface area contributed by atoms with E-state index in [4.69, 9.17) is 35.0 Å². The number of aliphatic carboxylic acids is 1. The summed E-state index contributed by atoms with van der Waals surface area (Å²) in [6.07, 6.45) is 4.44. The molecule has 29 heavy (non-hydrogen) atoms. The first-order valence-electron chi connectivity index (χ1n) is 9.51. The molecule has 0 aromatic heterocycles. The smallest absolute Gasteiger partial charge is 0.327 e. The minimum atomic E-state index is -1.02. The highest BCUT2D eigenvalue weighted by Gasteiger charge is 2.08. The number of carbonyl (C=O) groups is 3. The normalized spacial score (nSPS) is 12.1. The Morgan fingerprint density at radius 2 is 1.07 bits per heavy atom. The lowest BCUT2D eigenvalue weighted by atomic mass is 10.1. The van der Waals surface area contributed by atoms with Crippen LogP contribution >= 0.6 is 0 Å². The second-order valence-electron chi connectivity index (χ2n) is 6.20. The van der Waals surface area contributed by atoms with Crippen LogP contribution in [-0.2, 0) is 23.9 Å². The Balaban J connectivity index is 0. The van der Waals surface area contributed by atoms with Gasteiger partial charge < -0.3 is 35.0 Å². The summed E-state index contributed by atoms with van der Waals surface area (Å²) in [5.74, 6) is -1.74. The van der Waals surface area contributed by atoms with Crippen molar-refractivity contribution < 1.29 is 49.4 Å². The van der Waals surface area contributed by atoms with Gasteiger partial charge in [0.05, 0.1) is 13.2 Å². The molecule has 0 amide bonds. The first kappa shape index (κ1) is 29.2. The Morgan fingerprint density at radius 3 is 1.34 bits per heavy atom. The number of aliphatic hydroxyl groups excluding tert-OH is 4. The van der Waals surface area contributed by atoms with E-state index >= 15 is 0 Å². The second-order valence-corrected chi connectivity index (χ2v) is 6.20. The molecule has 0 aromatic rings. The molecule has 0 heterocycles. The molecule has 0 saturated carbocycles. The van der Waals surface area contributed by atoms with Gasteiger partial charge in [-0.3, -0.25) is 9.59 Å². The summed E-state index contributed by atoms with van der Waals surface area (Å²) in [5, 5.41) is 42.8. The van der Waals surface area contributed by atoms with Crippen LogP contribution in [0.2, 0.25) is 0 Å². The molecule has 0 fully saturated rings. The molecule has 0 aliphatic rings. The highest BCUT2D eigenvalue weighted by molar-refractivity contribution is 5.78. The van der Waals surface area contributed by atoms with Crippen LogP contribution in [0.15, 0.2) is 12.7 Å². The predicted octanol–water partition coefficient (Wildman–Crippen LogP) is 0.157. The van der Waals surface area contributed by atoms with E-state index in [9.17, 15) is 14.4 Å². The van der Waals surface area contributed by atoms with Crippen molar-refractivity contribution in [3.63, 3.8) is 0 Å². The lowest BCUT2D eigenvalue weighted by Gasteiger charge is -2.08. The molecule has 0 aromatic carbocycles. The maximum atomic E-state index is 11.3. The van der Waals surface area contributed by atoms with Crippen LogP contribution in [0.1, 0.15) is 51.4 Å². The zero-order chi connectivity index (χ0) is 22.5. The summed E-state index contributed by atoms with van der Waals surface area (Å²) in [6, 6.07) is 0. The molecule has 0 saturated heterocycles. The third-order valence-corrected chi connectivity index (χ3v) is 3.48. The number of aliphatic hydroxyl groups is 4. The number of carboxylic acid groups (broad SMARTS) is 1. The van der Waals surface area contributed by atoms with Gasteiger partial charge in [0, 0.05) is 18.9 Å². The molecule has 170 valence electrons. The Labute approximate surface area is 170 Å². The van der Waals surface area contributed by atoms with Gasteiger partial charge in [-0.1, -0.05) is 32.3 Å². The van der Waals surface area contributed by atoms with Gasteiger partial charge in [0.15, 0.2) is 0 Å². The minimum Gasteiger partial charge on any atom is -0.478 e. The van der Waals surface area contributed by atoms with E-state index in [0.717, 1.165) is 31.8 Å². The molecule has 0 aliphatic heterocycles. The van der Waals surface area contributed by atoms with E-state index in [1.807, 2.05) is 0 Å². The third kappa shape index (κ3) is 24.0. The summed E-state index contributed by atoms with van der Waals surface area (Å²) in [6.45, 7) is 1.75. The molecular formula is C19H34O10. The van der Waals surface area contributed by atoms with Crippen LogP contribution in [0.5, 0.6) is 0 Å². The van der Waals surface area contributed by atoms with E-state index in [1.54, 1.807) is 0 Å². The van der Waals surface area contributed by atoms with Gasteiger partial charge in [-0.2, -0.15) is 0 Å². The number of unbranched alkanes of at least 4 members (excludes halogenated alkanes) is 5. The van der Waals surface area contributed by atoms with Crippen LogP contribution < -0.4 is 0 Å². The summed E-state index contributed by atoms with van der Waals surface area (Å²) < 4.78 is 9.56. The maximum absolute atomic E-state index is 11.3. The Morgan fingerprint density at radius 1 is 0.759 bits per heavy atom. The first-order valence-corrected chi connectivity index (χ1v) is 9.51. The van der Waals surface area contributed by atoms with Gasteiger partial charge in [-0.25, -0.2) is 4.79 Å². The van der Waals surface area contributed by atoms with Crippen molar-refractivity contribution in [2.24, 2.45) is 0 Å². The summed E-state index contributed by atoms with van der Waals surface area (Å²) in [5.41, 5.74) is 0. The fraction of sp³-hybridized carbons (Fsp3) is 0.737. The number of hydrogen-bond acceptors (Lipinski definition) is 9. The molecule has 10 nitrogen and oxygen atoms in total. The Kier molecular flexibility index (Phi) is 20.9. The number of hydrogen-bond donors (Lipinski definition) is 5. The molecule has 5 N–H and O–H groups in total. The first-order chi connectivity index (χ1) is 13.8. The maximum Gasteiger partial charge on any atom is 0.327 e. The predicted molar refractivity (Wildman–Crippen MR) is 103 cm³/mol. The topological polar surface area (TPSA) is 171 Å². The fourth-order valence-corrected chi connectivity index (χ4v) is 1.87. The van der Waals surface area contributed by atoms with Crippen LogP contribution in [0, 0.1) is 0 Å². The van der Waals surface area contributed by atoms with Gasteiger partial charge >= 0.3 is 17.9 Å². The van der Waals surface area contributed by atoms with Crippen molar-refractivity contribution in [3.8, 4) is 0 Å². The molecular weight excluding hydrogens is 388 g/mol. The highest BCUT2D eigenvalue weighted by Crippen LogP contribution is 2.09. The van der Waals surface area contributed by atoms with Crippen LogP contribution in [-0.4, -0.2) is 82.1 Å². The molecule has 10 heteroatoms. The third-order valence-electron chi connectivity index (χ3n) is 3.48. The SMILES string of the molecule is C=CC(=O)O.O=C(CCCCCCCCC(=O)OCC(O)CO)OCC(O)CO. The van der Waals surface area contributed by atoms with E-state index in [2.05, 4.69) is 6.58 Å². The minimum absolute atomic E-state index is 0.180. The average molecular weight is 422 g/mol. The second kappa shape index (κ2) is 20.7. The standard InChI is InChI=1S/C16H30O8.C3H4O2/c17-9-13(19)11-23-15(21)7-5-3-1-2-4-6-8-16(22)24-12-14(20)10-18;1-2-3(4)5/h13-14,17-20H,1-12H2;2H,1H2,(H,4,5). The van der Waals surface area contributed by atoms with Crippen molar-refractivity contribution in [2.75, 3.05) is 26.4 Å². The number of ether oxygens (including phenoxy) is 2. The van der Waals surface area contributed by atoms with Crippen LogP contribution in [0.4, 0.5) is 0 Å². The van der Waals surface area contributed by atoms with Gasteiger partial charge in [0.2, 0.25) is 0 Å². The van der Waals surface area contributed by atoms with Crippen molar-refractivity contribution in [2.45, 2.75) is 63.6 Å². The Bertz CT molecular complexity index is 420. The van der Waals surface area contributed by atoms with Crippen LogP contribution in [0.25, 0.3) is 0 Å². The molecule has 0 bridgehead atoms. The van der Waals surface area contributed by atoms with Gasteiger partial charge in [0.1, 0.15) is 25.4 Å². The molecule has 0 aliphatic carbocycles. The lowest BCUT2D eigenvalue weighted by molar-refractivity contribution is -0.148. The number of rotatable bonds is 16. The van der Waals surface area contributed by atoms with E-state index in [1.165, 1.54) is 0 Å². The van der Waals surface area contributed by atoms with Gasteiger partial charge in [-0.15, -0.1) is 0 Å². The van der Waals surface area contributed by atoms with Crippen molar-refractivity contribution in [1.82, 2.24) is 0 Å². The molecule has 2 unspecified atom stereocenters. The summed E-state index contributed by atoms with van der Waals surface area (Å²) >= 11 is 0. The largest absolute Gasteiger partial charge is 0.478 e. The number of carbonyl (C=O) groups excluding carboxylic acids is 2. The molecule has 0 rings (SSSR count). The van der Waals surface area contributed by atoms with Gasteiger partial charge in [-0.05, 0) is 12.8 Å². The molecule has 2 atom stereocenters. The zero-order valence-corrected chi connectivity index (χ0v) is 16.7. The van der Waals surface area contributed by atoms with E-state index in [0.29, 0.717) is 12.8 Å². The fourth-order valence-electron chi connectivity index (χ4n) is 1.87. The number of esters is 2. The van der Waals surface area contributed by atoms with Crippen molar-refractivity contribution in [3.05, 3.63) is 12.7 Å². The quantitative estimate of drug-likeness (QED) is 0.131.